The van der Waals surface area contributed by atoms with Crippen LogP contribution in [0.2, 0.25) is 0 Å². The second-order valence-corrected chi connectivity index (χ2v) is 8.26. The van der Waals surface area contributed by atoms with Gasteiger partial charge in [-0.05, 0) is 61.1 Å². The predicted octanol–water partition coefficient (Wildman–Crippen LogP) is 5.41. The van der Waals surface area contributed by atoms with Crippen molar-refractivity contribution >= 4 is 33.3 Å². The molecule has 0 radical (unpaired) electrons. The average molecular weight is 455 g/mol. The van der Waals surface area contributed by atoms with Crippen molar-refractivity contribution in [2.75, 3.05) is 6.54 Å². The molecule has 1 N–H and O–H groups in total. The molecule has 6 heteroatoms. The third kappa shape index (κ3) is 3.71. The summed E-state index contributed by atoms with van der Waals surface area (Å²) in [4.78, 5) is 6.94. The molecule has 0 aliphatic carbocycles. The number of thiocarbonyl (C=S) groups is 1. The maximum absolute atomic E-state index is 5.73. The van der Waals surface area contributed by atoms with Crippen LogP contribution < -0.4 is 5.32 Å². The molecule has 144 valence electrons. The minimum Gasteiger partial charge on any atom is -0.352 e. The second kappa shape index (κ2) is 8.45. The van der Waals surface area contributed by atoms with E-state index in [1.807, 2.05) is 24.4 Å². The van der Waals surface area contributed by atoms with Gasteiger partial charge < -0.3 is 14.8 Å². The van der Waals surface area contributed by atoms with Crippen molar-refractivity contribution < 1.29 is 0 Å². The summed E-state index contributed by atoms with van der Waals surface area (Å²) in [6.45, 7) is 3.14. The van der Waals surface area contributed by atoms with Crippen molar-refractivity contribution in [3.05, 3.63) is 82.9 Å². The second-order valence-electron chi connectivity index (χ2n) is 6.96. The molecular weight excluding hydrogens is 432 g/mol. The Bertz CT molecular complexity index is 956. The number of unbranched alkanes of at least 4 members (excludes halogenated alkanes) is 1. The molecule has 1 saturated heterocycles. The predicted molar refractivity (Wildman–Crippen MR) is 121 cm³/mol. The number of pyridine rings is 1. The largest absolute Gasteiger partial charge is 0.352 e. The van der Waals surface area contributed by atoms with Gasteiger partial charge >= 0.3 is 0 Å². The van der Waals surface area contributed by atoms with Crippen molar-refractivity contribution in [1.82, 2.24) is 19.8 Å². The van der Waals surface area contributed by atoms with Crippen LogP contribution in [0.3, 0.4) is 0 Å². The molecule has 2 atom stereocenters. The van der Waals surface area contributed by atoms with E-state index >= 15 is 0 Å². The Hall–Kier alpha value is -2.18. The van der Waals surface area contributed by atoms with E-state index in [4.69, 9.17) is 12.2 Å². The molecule has 0 bridgehead atoms. The lowest BCUT2D eigenvalue weighted by atomic mass is 10.0. The summed E-state index contributed by atoms with van der Waals surface area (Å²) >= 11 is 9.33. The lowest BCUT2D eigenvalue weighted by Crippen LogP contribution is -2.31. The average Bonchev–Trinajstić information content (AvgIpc) is 3.31. The van der Waals surface area contributed by atoms with Crippen LogP contribution in [-0.4, -0.2) is 26.1 Å². The van der Waals surface area contributed by atoms with Gasteiger partial charge in [-0.15, -0.1) is 0 Å². The minimum atomic E-state index is 0.0198. The van der Waals surface area contributed by atoms with Crippen molar-refractivity contribution in [2.45, 2.75) is 31.8 Å². The Morgan fingerprint density at radius 3 is 2.79 bits per heavy atom. The highest BCUT2D eigenvalue weighted by Crippen LogP contribution is 2.39. The van der Waals surface area contributed by atoms with Gasteiger partial charge in [0.1, 0.15) is 0 Å². The molecule has 4 nitrogen and oxygen atoms in total. The molecule has 0 amide bonds. The lowest BCUT2D eigenvalue weighted by molar-refractivity contribution is 0.304. The SMILES string of the molecule is CCCCN1C(=S)N[C@@H](c2ccccn2)[C@@H]1c1cccn1-c1cccc(Br)c1. The fourth-order valence-electron chi connectivity index (χ4n) is 3.79. The molecule has 0 unspecified atom stereocenters. The molecule has 4 rings (SSSR count). The number of hydrogen-bond donors (Lipinski definition) is 1. The molecule has 3 aromatic rings. The first kappa shape index (κ1) is 19.2. The van der Waals surface area contributed by atoms with Crippen LogP contribution in [0, 0.1) is 0 Å². The summed E-state index contributed by atoms with van der Waals surface area (Å²) < 4.78 is 3.31. The van der Waals surface area contributed by atoms with Crippen LogP contribution in [0.15, 0.2) is 71.5 Å². The van der Waals surface area contributed by atoms with Crippen LogP contribution >= 0.6 is 28.1 Å². The van der Waals surface area contributed by atoms with Crippen molar-refractivity contribution in [3.8, 4) is 5.69 Å². The van der Waals surface area contributed by atoms with Crippen LogP contribution in [0.4, 0.5) is 0 Å². The van der Waals surface area contributed by atoms with E-state index in [1.54, 1.807) is 0 Å². The van der Waals surface area contributed by atoms with E-state index in [1.165, 1.54) is 5.69 Å². The first-order valence-electron chi connectivity index (χ1n) is 9.60. The number of nitrogens with zero attached hydrogens (tertiary/aromatic N) is 3. The fourth-order valence-corrected chi connectivity index (χ4v) is 4.51. The Morgan fingerprint density at radius 1 is 1.14 bits per heavy atom. The Balaban J connectivity index is 1.79. The first-order valence-corrected chi connectivity index (χ1v) is 10.8. The van der Waals surface area contributed by atoms with Gasteiger partial charge in [0.25, 0.3) is 0 Å². The van der Waals surface area contributed by atoms with E-state index in [2.05, 4.69) is 85.2 Å². The van der Waals surface area contributed by atoms with Crippen LogP contribution in [0.5, 0.6) is 0 Å². The summed E-state index contributed by atoms with van der Waals surface area (Å²) in [7, 11) is 0. The third-order valence-electron chi connectivity index (χ3n) is 5.12. The topological polar surface area (TPSA) is 33.1 Å². The van der Waals surface area contributed by atoms with Crippen LogP contribution in [0.25, 0.3) is 5.69 Å². The van der Waals surface area contributed by atoms with Crippen LogP contribution in [0.1, 0.15) is 43.2 Å². The highest BCUT2D eigenvalue weighted by molar-refractivity contribution is 9.10. The van der Waals surface area contributed by atoms with E-state index in [-0.39, 0.29) is 12.1 Å². The zero-order chi connectivity index (χ0) is 19.5. The quantitative estimate of drug-likeness (QED) is 0.504. The van der Waals surface area contributed by atoms with Crippen LogP contribution in [-0.2, 0) is 0 Å². The van der Waals surface area contributed by atoms with Gasteiger partial charge in [0, 0.05) is 34.8 Å². The van der Waals surface area contributed by atoms with Gasteiger partial charge in [-0.3, -0.25) is 4.98 Å². The molecule has 28 heavy (non-hydrogen) atoms. The van der Waals surface area contributed by atoms with E-state index in [0.29, 0.717) is 0 Å². The van der Waals surface area contributed by atoms with E-state index in [9.17, 15) is 0 Å². The lowest BCUT2D eigenvalue weighted by Gasteiger charge is -2.29. The molecule has 1 fully saturated rings. The maximum atomic E-state index is 5.73. The summed E-state index contributed by atoms with van der Waals surface area (Å²) in [6, 6.07) is 18.8. The van der Waals surface area contributed by atoms with Gasteiger partial charge in [0.15, 0.2) is 5.11 Å². The third-order valence-corrected chi connectivity index (χ3v) is 5.97. The molecular formula is C22H23BrN4S. The fraction of sp³-hybridized carbons (Fsp3) is 0.273. The summed E-state index contributed by atoms with van der Waals surface area (Å²) in [6.07, 6.45) is 6.20. The highest BCUT2D eigenvalue weighted by Gasteiger charge is 2.40. The molecule has 3 heterocycles. The summed E-state index contributed by atoms with van der Waals surface area (Å²) in [5.41, 5.74) is 3.34. The van der Waals surface area contributed by atoms with Gasteiger partial charge in [-0.2, -0.15) is 0 Å². The van der Waals surface area contributed by atoms with Crippen molar-refractivity contribution in [2.24, 2.45) is 0 Å². The summed E-state index contributed by atoms with van der Waals surface area (Å²) in [5, 5.41) is 4.33. The summed E-state index contributed by atoms with van der Waals surface area (Å²) in [5.74, 6) is 0. The number of halogens is 1. The zero-order valence-corrected chi connectivity index (χ0v) is 18.2. The molecule has 1 aromatic carbocycles. The smallest absolute Gasteiger partial charge is 0.170 e. The number of rotatable bonds is 6. The Morgan fingerprint density at radius 2 is 2.04 bits per heavy atom. The van der Waals surface area contributed by atoms with E-state index in [0.717, 1.165) is 40.4 Å². The molecule has 1 aliphatic heterocycles. The number of nitrogens with one attached hydrogen (secondary N) is 1. The molecule has 0 saturated carbocycles. The van der Waals surface area contributed by atoms with Crippen molar-refractivity contribution in [1.29, 1.82) is 0 Å². The van der Waals surface area contributed by atoms with Gasteiger partial charge in [-0.25, -0.2) is 0 Å². The van der Waals surface area contributed by atoms with Gasteiger partial charge in [0.2, 0.25) is 0 Å². The Labute approximate surface area is 179 Å². The number of benzene rings is 1. The number of aromatic nitrogens is 2. The highest BCUT2D eigenvalue weighted by atomic mass is 79.9. The van der Waals surface area contributed by atoms with E-state index < -0.39 is 0 Å². The first-order chi connectivity index (χ1) is 13.7. The maximum Gasteiger partial charge on any atom is 0.170 e. The van der Waals surface area contributed by atoms with Gasteiger partial charge in [0.05, 0.1) is 17.8 Å². The zero-order valence-electron chi connectivity index (χ0n) is 15.8. The molecule has 1 aliphatic rings. The monoisotopic (exact) mass is 454 g/mol. The standard InChI is InChI=1S/C22H23BrN4S/c1-2-3-13-27-21(20(25-22(27)28)18-10-4-5-12-24-18)19-11-7-14-26(19)17-9-6-8-16(23)15-17/h4-12,14-15,20-21H,2-3,13H2,1H3,(H,25,28)/t20-,21-/m0/s1. The Kier molecular flexibility index (Phi) is 5.78. The molecule has 0 spiro atoms. The van der Waals surface area contributed by atoms with Gasteiger partial charge in [-0.1, -0.05) is 41.4 Å². The normalized spacial score (nSPS) is 19.1. The minimum absolute atomic E-state index is 0.0198. The van der Waals surface area contributed by atoms with Crippen molar-refractivity contribution in [3.63, 3.8) is 0 Å². The molecule has 2 aromatic heterocycles. The number of hydrogen-bond acceptors (Lipinski definition) is 2.